The van der Waals surface area contributed by atoms with Gasteiger partial charge >= 0.3 is 0 Å². The van der Waals surface area contributed by atoms with Crippen LogP contribution in [0.1, 0.15) is 91.9 Å². The number of hydrogen-bond acceptors (Lipinski definition) is 4. The van der Waals surface area contributed by atoms with Gasteiger partial charge in [0.15, 0.2) is 0 Å². The van der Waals surface area contributed by atoms with Crippen molar-refractivity contribution in [1.29, 1.82) is 0 Å². The van der Waals surface area contributed by atoms with E-state index in [-0.39, 0.29) is 0 Å². The third-order valence-electron chi connectivity index (χ3n) is 5.68. The summed E-state index contributed by atoms with van der Waals surface area (Å²) in [6.07, 6.45) is 12.3. The van der Waals surface area contributed by atoms with Crippen LogP contribution in [0.3, 0.4) is 0 Å². The fourth-order valence-corrected chi connectivity index (χ4v) is 3.42. The summed E-state index contributed by atoms with van der Waals surface area (Å²) in [6.45, 7) is 10.3. The second-order valence-corrected chi connectivity index (χ2v) is 8.09. The van der Waals surface area contributed by atoms with Gasteiger partial charge in [0.25, 0.3) is 0 Å². The predicted octanol–water partition coefficient (Wildman–Crippen LogP) is 6.82. The van der Waals surface area contributed by atoms with Crippen LogP contribution in [0.5, 0.6) is 11.5 Å². The molecule has 0 bridgehead atoms. The van der Waals surface area contributed by atoms with Crippen molar-refractivity contribution in [2.75, 3.05) is 24.7 Å². The van der Waals surface area contributed by atoms with Gasteiger partial charge in [-0.05, 0) is 24.7 Å². The van der Waals surface area contributed by atoms with Gasteiger partial charge in [-0.1, -0.05) is 79.1 Å². The number of benzene rings is 1. The Kier molecular flexibility index (Phi) is 12.6. The summed E-state index contributed by atoms with van der Waals surface area (Å²) in [5, 5.41) is 0. The fourth-order valence-electron chi connectivity index (χ4n) is 3.42. The predicted molar refractivity (Wildman–Crippen MR) is 122 cm³/mol. The van der Waals surface area contributed by atoms with E-state index in [0.29, 0.717) is 47.9 Å². The quantitative estimate of drug-likeness (QED) is 0.239. The van der Waals surface area contributed by atoms with Gasteiger partial charge in [-0.25, -0.2) is 0 Å². The van der Waals surface area contributed by atoms with E-state index in [1.807, 2.05) is 12.1 Å². The first kappa shape index (κ1) is 24.5. The highest BCUT2D eigenvalue weighted by molar-refractivity contribution is 5.67. The molecule has 0 aliphatic rings. The first-order valence-corrected chi connectivity index (χ1v) is 11.5. The van der Waals surface area contributed by atoms with Crippen molar-refractivity contribution in [2.24, 2.45) is 11.8 Å². The molecule has 162 valence electrons. The molecule has 0 aromatic heterocycles. The number of nitrogen functional groups attached to an aromatic ring is 2. The van der Waals surface area contributed by atoms with E-state index in [1.54, 1.807) is 0 Å². The molecule has 2 unspecified atom stereocenters. The first-order chi connectivity index (χ1) is 13.5. The second kappa shape index (κ2) is 14.4. The van der Waals surface area contributed by atoms with Crippen LogP contribution in [0.25, 0.3) is 0 Å². The van der Waals surface area contributed by atoms with Crippen LogP contribution < -0.4 is 20.9 Å². The van der Waals surface area contributed by atoms with Crippen LogP contribution in [0.4, 0.5) is 11.4 Å². The lowest BCUT2D eigenvalue weighted by Crippen LogP contribution is -2.14. The maximum atomic E-state index is 6.22. The highest BCUT2D eigenvalue weighted by atomic mass is 16.5. The van der Waals surface area contributed by atoms with E-state index in [2.05, 4.69) is 27.7 Å². The normalized spacial score (nSPS) is 13.3. The van der Waals surface area contributed by atoms with Crippen molar-refractivity contribution >= 4 is 11.4 Å². The average molecular weight is 393 g/mol. The third kappa shape index (κ3) is 9.07. The van der Waals surface area contributed by atoms with E-state index >= 15 is 0 Å². The molecular formula is C24H44N2O2. The summed E-state index contributed by atoms with van der Waals surface area (Å²) in [5.41, 5.74) is 13.6. The number of hydrogen-bond donors (Lipinski definition) is 2. The van der Waals surface area contributed by atoms with E-state index in [1.165, 1.54) is 51.4 Å². The molecular weight excluding hydrogens is 348 g/mol. The van der Waals surface area contributed by atoms with Gasteiger partial charge in [-0.3, -0.25) is 0 Å². The summed E-state index contributed by atoms with van der Waals surface area (Å²) in [5.74, 6) is 2.48. The molecule has 2 atom stereocenters. The Bertz CT molecular complexity index is 534. The second-order valence-electron chi connectivity index (χ2n) is 8.09. The van der Waals surface area contributed by atoms with Gasteiger partial charge in [0, 0.05) is 12.1 Å². The lowest BCUT2D eigenvalue weighted by atomic mass is 9.99. The molecule has 1 rings (SSSR count). The molecule has 0 fully saturated rings. The molecule has 4 heteroatoms. The summed E-state index contributed by atoms with van der Waals surface area (Å²) in [4.78, 5) is 0. The number of nitrogens with two attached hydrogens (primary N) is 2. The zero-order valence-corrected chi connectivity index (χ0v) is 18.8. The van der Waals surface area contributed by atoms with Gasteiger partial charge in [0.1, 0.15) is 11.5 Å². The molecule has 0 aliphatic heterocycles. The molecule has 4 nitrogen and oxygen atoms in total. The fraction of sp³-hybridized carbons (Fsp3) is 0.750. The lowest BCUT2D eigenvalue weighted by molar-refractivity contribution is 0.229. The van der Waals surface area contributed by atoms with Gasteiger partial charge in [-0.2, -0.15) is 0 Å². The molecule has 4 N–H and O–H groups in total. The summed E-state index contributed by atoms with van der Waals surface area (Å²) in [7, 11) is 0. The van der Waals surface area contributed by atoms with Gasteiger partial charge in [-0.15, -0.1) is 0 Å². The van der Waals surface area contributed by atoms with Crippen molar-refractivity contribution in [2.45, 2.75) is 91.9 Å². The van der Waals surface area contributed by atoms with E-state index < -0.39 is 0 Å². The molecule has 0 saturated heterocycles. The molecule has 0 heterocycles. The monoisotopic (exact) mass is 392 g/mol. The minimum Gasteiger partial charge on any atom is -0.491 e. The molecule has 28 heavy (non-hydrogen) atoms. The maximum absolute atomic E-state index is 6.22. The number of anilines is 2. The van der Waals surface area contributed by atoms with Crippen molar-refractivity contribution in [1.82, 2.24) is 0 Å². The highest BCUT2D eigenvalue weighted by Crippen LogP contribution is 2.34. The molecule has 0 radical (unpaired) electrons. The molecule has 1 aromatic rings. The summed E-state index contributed by atoms with van der Waals surface area (Å²) < 4.78 is 12.0. The zero-order chi connectivity index (χ0) is 20.8. The average Bonchev–Trinajstić information content (AvgIpc) is 2.70. The minimum atomic E-state index is 0.564. The number of unbranched alkanes of at least 4 members (excludes halogenated alkanes) is 4. The molecule has 0 saturated carbocycles. The standard InChI is InChI=1S/C24H44N2O2/c1-5-9-11-12-14-20(8-4)18-28-24-16-21(25)23(15-22(24)26)27-17-19(7-3)13-10-6-2/h15-16,19-20H,5-14,17-18,25-26H2,1-4H3. The van der Waals surface area contributed by atoms with Crippen LogP contribution in [-0.4, -0.2) is 13.2 Å². The van der Waals surface area contributed by atoms with Crippen LogP contribution in [0.15, 0.2) is 12.1 Å². The molecule has 0 amide bonds. The van der Waals surface area contributed by atoms with Crippen LogP contribution in [0, 0.1) is 11.8 Å². The number of ether oxygens (including phenoxy) is 2. The van der Waals surface area contributed by atoms with Gasteiger partial charge < -0.3 is 20.9 Å². The van der Waals surface area contributed by atoms with Crippen molar-refractivity contribution < 1.29 is 9.47 Å². The smallest absolute Gasteiger partial charge is 0.144 e. The Morgan fingerprint density at radius 2 is 1.14 bits per heavy atom. The van der Waals surface area contributed by atoms with Crippen LogP contribution >= 0.6 is 0 Å². The van der Waals surface area contributed by atoms with Crippen molar-refractivity contribution in [3.05, 3.63) is 12.1 Å². The Morgan fingerprint density at radius 3 is 1.57 bits per heavy atom. The Labute approximate surface area is 173 Å². The summed E-state index contributed by atoms with van der Waals surface area (Å²) >= 11 is 0. The highest BCUT2D eigenvalue weighted by Gasteiger charge is 2.13. The van der Waals surface area contributed by atoms with Crippen molar-refractivity contribution in [3.8, 4) is 11.5 Å². The van der Waals surface area contributed by atoms with E-state index in [0.717, 1.165) is 12.8 Å². The molecule has 0 spiro atoms. The first-order valence-electron chi connectivity index (χ1n) is 11.5. The summed E-state index contributed by atoms with van der Waals surface area (Å²) in [6, 6.07) is 3.64. The number of rotatable bonds is 16. The Morgan fingerprint density at radius 1 is 0.679 bits per heavy atom. The van der Waals surface area contributed by atoms with Crippen molar-refractivity contribution in [3.63, 3.8) is 0 Å². The largest absolute Gasteiger partial charge is 0.491 e. The topological polar surface area (TPSA) is 70.5 Å². The molecule has 1 aromatic carbocycles. The maximum Gasteiger partial charge on any atom is 0.144 e. The minimum absolute atomic E-state index is 0.564. The Balaban J connectivity index is 2.57. The zero-order valence-electron chi connectivity index (χ0n) is 18.8. The van der Waals surface area contributed by atoms with Gasteiger partial charge in [0.05, 0.1) is 24.6 Å². The van der Waals surface area contributed by atoms with Gasteiger partial charge in [0.2, 0.25) is 0 Å². The lowest BCUT2D eigenvalue weighted by Gasteiger charge is -2.19. The molecule has 0 aliphatic carbocycles. The van der Waals surface area contributed by atoms with Crippen LogP contribution in [-0.2, 0) is 0 Å². The van der Waals surface area contributed by atoms with E-state index in [4.69, 9.17) is 20.9 Å². The van der Waals surface area contributed by atoms with Crippen LogP contribution in [0.2, 0.25) is 0 Å². The third-order valence-corrected chi connectivity index (χ3v) is 5.68. The SMILES string of the molecule is CCCCCCC(CC)COc1cc(N)c(OCC(CC)CCCC)cc1N. The Hall–Kier alpha value is -1.58. The van der Waals surface area contributed by atoms with E-state index in [9.17, 15) is 0 Å².